The quantitative estimate of drug-likeness (QED) is 0.303. The molecule has 1 amide bonds. The standard InChI is InChI=1S/C32H33NO5/c1-20-18-26-24(19-25(20)36-5)28(34)27(29(37-26)22-10-7-6-8-11-22)21-12-14-23(15-13-21)32(16-9-17-32)33-30(35)38-31(2,3)4/h6-8,10-15,18-19H,9,16-17H2,1-5H3,(H,33,35). The van der Waals surface area contributed by atoms with Crippen molar-refractivity contribution >= 4 is 17.1 Å². The van der Waals surface area contributed by atoms with Gasteiger partial charge < -0.3 is 19.2 Å². The summed E-state index contributed by atoms with van der Waals surface area (Å²) in [5.41, 5.74) is 3.29. The molecule has 1 aliphatic carbocycles. The summed E-state index contributed by atoms with van der Waals surface area (Å²) in [7, 11) is 1.59. The summed E-state index contributed by atoms with van der Waals surface area (Å²) in [5.74, 6) is 1.16. The molecule has 1 saturated carbocycles. The van der Waals surface area contributed by atoms with E-state index in [-0.39, 0.29) is 5.43 Å². The molecule has 0 saturated heterocycles. The van der Waals surface area contributed by atoms with Gasteiger partial charge in [-0.05, 0) is 75.8 Å². The molecule has 6 nitrogen and oxygen atoms in total. The molecule has 5 rings (SSSR count). The smallest absolute Gasteiger partial charge is 0.408 e. The minimum Gasteiger partial charge on any atom is -0.496 e. The van der Waals surface area contributed by atoms with E-state index in [1.54, 1.807) is 13.2 Å². The van der Waals surface area contributed by atoms with Crippen molar-refractivity contribution in [3.8, 4) is 28.2 Å². The maximum atomic E-state index is 13.9. The van der Waals surface area contributed by atoms with Crippen LogP contribution in [0.25, 0.3) is 33.4 Å². The van der Waals surface area contributed by atoms with Crippen molar-refractivity contribution in [2.24, 2.45) is 0 Å². The van der Waals surface area contributed by atoms with Gasteiger partial charge in [0.05, 0.1) is 23.6 Å². The van der Waals surface area contributed by atoms with Crippen LogP contribution >= 0.6 is 0 Å². The summed E-state index contributed by atoms with van der Waals surface area (Å²) in [6.07, 6.45) is 2.26. The third kappa shape index (κ3) is 4.78. The molecule has 0 bridgehead atoms. The van der Waals surface area contributed by atoms with Crippen LogP contribution in [0.15, 0.2) is 75.9 Å². The fourth-order valence-electron chi connectivity index (χ4n) is 5.07. The van der Waals surface area contributed by atoms with Crippen LogP contribution in [-0.4, -0.2) is 18.8 Å². The molecule has 196 valence electrons. The topological polar surface area (TPSA) is 77.8 Å². The zero-order valence-electron chi connectivity index (χ0n) is 22.5. The molecule has 0 atom stereocenters. The van der Waals surface area contributed by atoms with Crippen LogP contribution in [0, 0.1) is 6.92 Å². The number of aryl methyl sites for hydroxylation is 1. The van der Waals surface area contributed by atoms with Gasteiger partial charge in [0, 0.05) is 5.56 Å². The van der Waals surface area contributed by atoms with Crippen LogP contribution in [0.2, 0.25) is 0 Å². The van der Waals surface area contributed by atoms with Crippen LogP contribution in [0.5, 0.6) is 5.75 Å². The lowest BCUT2D eigenvalue weighted by atomic mass is 9.71. The van der Waals surface area contributed by atoms with E-state index >= 15 is 0 Å². The second-order valence-corrected chi connectivity index (χ2v) is 11.0. The highest BCUT2D eigenvalue weighted by atomic mass is 16.6. The van der Waals surface area contributed by atoms with Gasteiger partial charge in [0.25, 0.3) is 0 Å². The average molecular weight is 512 g/mol. The van der Waals surface area contributed by atoms with Crippen molar-refractivity contribution in [3.05, 3.63) is 88.1 Å². The van der Waals surface area contributed by atoms with E-state index in [1.165, 1.54) is 0 Å². The first-order valence-electron chi connectivity index (χ1n) is 12.9. The van der Waals surface area contributed by atoms with E-state index in [0.717, 1.165) is 41.5 Å². The van der Waals surface area contributed by atoms with Gasteiger partial charge in [-0.15, -0.1) is 0 Å². The van der Waals surface area contributed by atoms with Crippen LogP contribution in [0.1, 0.15) is 51.2 Å². The maximum absolute atomic E-state index is 13.9. The van der Waals surface area contributed by atoms with Crippen LogP contribution in [-0.2, 0) is 10.3 Å². The molecular formula is C32H33NO5. The van der Waals surface area contributed by atoms with Crippen LogP contribution in [0.3, 0.4) is 0 Å². The Bertz CT molecular complexity index is 1540. The van der Waals surface area contributed by atoms with Crippen LogP contribution in [0.4, 0.5) is 4.79 Å². The first-order valence-corrected chi connectivity index (χ1v) is 12.9. The number of alkyl carbamates (subject to hydrolysis) is 1. The number of carbonyl (C=O) groups is 1. The Balaban J connectivity index is 1.60. The second-order valence-electron chi connectivity index (χ2n) is 11.0. The lowest BCUT2D eigenvalue weighted by Crippen LogP contribution is -2.52. The Morgan fingerprint density at radius 1 is 0.974 bits per heavy atom. The molecule has 4 aromatic rings. The van der Waals surface area contributed by atoms with Gasteiger partial charge in [0.1, 0.15) is 22.7 Å². The summed E-state index contributed by atoms with van der Waals surface area (Å²) in [5, 5.41) is 3.56. The van der Waals surface area contributed by atoms with Crippen molar-refractivity contribution in [1.82, 2.24) is 5.32 Å². The van der Waals surface area contributed by atoms with Crippen molar-refractivity contribution in [2.45, 2.75) is 58.1 Å². The van der Waals surface area contributed by atoms with Gasteiger partial charge in [-0.25, -0.2) is 4.79 Å². The SMILES string of the molecule is COc1cc2c(=O)c(-c3ccc(C4(NC(=O)OC(C)(C)C)CCC4)cc3)c(-c3ccccc3)oc2cc1C. The van der Waals surface area contributed by atoms with Crippen molar-refractivity contribution in [2.75, 3.05) is 7.11 Å². The van der Waals surface area contributed by atoms with E-state index in [1.807, 2.05) is 88.4 Å². The summed E-state index contributed by atoms with van der Waals surface area (Å²) in [6.45, 7) is 7.48. The number of hydrogen-bond acceptors (Lipinski definition) is 5. The molecule has 6 heteroatoms. The largest absolute Gasteiger partial charge is 0.496 e. The van der Waals surface area contributed by atoms with E-state index in [9.17, 15) is 9.59 Å². The zero-order chi connectivity index (χ0) is 27.1. The fourth-order valence-corrected chi connectivity index (χ4v) is 5.07. The molecule has 0 unspecified atom stereocenters. The van der Waals surface area contributed by atoms with E-state index < -0.39 is 17.2 Å². The van der Waals surface area contributed by atoms with Crippen LogP contribution < -0.4 is 15.5 Å². The van der Waals surface area contributed by atoms with Crippen molar-refractivity contribution in [1.29, 1.82) is 0 Å². The van der Waals surface area contributed by atoms with Crippen molar-refractivity contribution in [3.63, 3.8) is 0 Å². The molecule has 1 aliphatic rings. The third-order valence-electron chi connectivity index (χ3n) is 7.12. The minimum absolute atomic E-state index is 0.124. The normalized spacial score (nSPS) is 14.6. The second kappa shape index (κ2) is 9.67. The molecule has 0 aliphatic heterocycles. The van der Waals surface area contributed by atoms with E-state index in [4.69, 9.17) is 13.9 Å². The molecule has 0 spiro atoms. The van der Waals surface area contributed by atoms with Gasteiger partial charge in [0.15, 0.2) is 0 Å². The Hall–Kier alpha value is -4.06. The Morgan fingerprint density at radius 2 is 1.66 bits per heavy atom. The predicted octanol–water partition coefficient (Wildman–Crippen LogP) is 7.35. The number of rotatable bonds is 5. The minimum atomic E-state index is -0.571. The van der Waals surface area contributed by atoms with E-state index in [2.05, 4.69) is 5.32 Å². The lowest BCUT2D eigenvalue weighted by Gasteiger charge is -2.43. The summed E-state index contributed by atoms with van der Waals surface area (Å²) >= 11 is 0. The first kappa shape index (κ1) is 25.6. The number of benzene rings is 3. The summed E-state index contributed by atoms with van der Waals surface area (Å²) < 4.78 is 17.4. The Morgan fingerprint density at radius 3 is 2.24 bits per heavy atom. The highest BCUT2D eigenvalue weighted by Crippen LogP contribution is 2.42. The molecule has 1 heterocycles. The molecule has 1 fully saturated rings. The third-order valence-corrected chi connectivity index (χ3v) is 7.12. The van der Waals surface area contributed by atoms with Crippen molar-refractivity contribution < 1.29 is 18.7 Å². The number of methoxy groups -OCH3 is 1. The number of ether oxygens (including phenoxy) is 2. The molecule has 0 radical (unpaired) electrons. The fraction of sp³-hybridized carbons (Fsp3) is 0.312. The summed E-state index contributed by atoms with van der Waals surface area (Å²) in [6, 6.07) is 21.1. The molecule has 3 aromatic carbocycles. The number of fused-ring (bicyclic) bond motifs is 1. The highest BCUT2D eigenvalue weighted by molar-refractivity contribution is 5.90. The molecule has 1 aromatic heterocycles. The number of nitrogens with one attached hydrogen (secondary N) is 1. The Kier molecular flexibility index (Phi) is 6.51. The zero-order valence-corrected chi connectivity index (χ0v) is 22.5. The highest BCUT2D eigenvalue weighted by Gasteiger charge is 2.41. The molecular weight excluding hydrogens is 478 g/mol. The molecule has 1 N–H and O–H groups in total. The maximum Gasteiger partial charge on any atom is 0.408 e. The van der Waals surface area contributed by atoms with Gasteiger partial charge in [0.2, 0.25) is 5.43 Å². The predicted molar refractivity (Wildman–Crippen MR) is 150 cm³/mol. The average Bonchev–Trinajstić information content (AvgIpc) is 2.85. The number of hydrogen-bond donors (Lipinski definition) is 1. The first-order chi connectivity index (χ1) is 18.1. The lowest BCUT2D eigenvalue weighted by molar-refractivity contribution is 0.0377. The van der Waals surface area contributed by atoms with E-state index in [0.29, 0.717) is 28.0 Å². The number of amides is 1. The van der Waals surface area contributed by atoms with Gasteiger partial charge >= 0.3 is 6.09 Å². The van der Waals surface area contributed by atoms with Gasteiger partial charge in [-0.3, -0.25) is 4.79 Å². The Labute approximate surface area is 222 Å². The monoisotopic (exact) mass is 511 g/mol. The molecule has 38 heavy (non-hydrogen) atoms. The van der Waals surface area contributed by atoms with Gasteiger partial charge in [-0.1, -0.05) is 54.6 Å². The number of carbonyl (C=O) groups excluding carboxylic acids is 1. The summed E-state index contributed by atoms with van der Waals surface area (Å²) in [4.78, 5) is 26.5. The van der Waals surface area contributed by atoms with Gasteiger partial charge in [-0.2, -0.15) is 0 Å².